The van der Waals surface area contributed by atoms with Gasteiger partial charge in [-0.1, -0.05) is 19.9 Å². The molecule has 1 fully saturated rings. The van der Waals surface area contributed by atoms with Gasteiger partial charge in [0.25, 0.3) is 0 Å². The van der Waals surface area contributed by atoms with E-state index in [4.69, 9.17) is 17.0 Å². The summed E-state index contributed by atoms with van der Waals surface area (Å²) in [6, 6.07) is 6.77. The first-order valence-corrected chi connectivity index (χ1v) is 11.4. The molecule has 0 aromatic heterocycles. The number of anilines is 1. The predicted molar refractivity (Wildman–Crippen MR) is 112 cm³/mol. The van der Waals surface area contributed by atoms with Crippen LogP contribution in [0.15, 0.2) is 29.2 Å². The third-order valence-electron chi connectivity index (χ3n) is 4.63. The molecule has 1 aromatic carbocycles. The molecule has 7 nitrogen and oxygen atoms in total. The number of quaternary nitrogens is 1. The van der Waals surface area contributed by atoms with E-state index in [-0.39, 0.29) is 4.90 Å². The van der Waals surface area contributed by atoms with Crippen molar-refractivity contribution in [1.82, 2.24) is 9.62 Å². The largest absolute Gasteiger partial charge is 0.370 e. The zero-order valence-electron chi connectivity index (χ0n) is 16.2. The van der Waals surface area contributed by atoms with E-state index in [2.05, 4.69) is 10.6 Å². The first-order valence-electron chi connectivity index (χ1n) is 9.53. The summed E-state index contributed by atoms with van der Waals surface area (Å²) in [5.41, 5.74) is 0.666. The normalized spacial score (nSPS) is 15.7. The minimum absolute atomic E-state index is 0.273. The van der Waals surface area contributed by atoms with Crippen molar-refractivity contribution >= 4 is 33.0 Å². The van der Waals surface area contributed by atoms with E-state index in [9.17, 15) is 8.42 Å². The van der Waals surface area contributed by atoms with Gasteiger partial charge in [0, 0.05) is 31.7 Å². The average molecular weight is 416 g/mol. The zero-order chi connectivity index (χ0) is 19.7. The van der Waals surface area contributed by atoms with E-state index in [1.165, 1.54) is 4.31 Å². The summed E-state index contributed by atoms with van der Waals surface area (Å²) in [5, 5.41) is 6.77. The minimum atomic E-state index is -3.48. The Hall–Kier alpha value is -1.26. The fraction of sp³-hybridized carbons (Fsp3) is 0.611. The van der Waals surface area contributed by atoms with Gasteiger partial charge in [-0.2, -0.15) is 4.31 Å². The highest BCUT2D eigenvalue weighted by molar-refractivity contribution is 7.89. The van der Waals surface area contributed by atoms with E-state index in [0.29, 0.717) is 23.9 Å². The van der Waals surface area contributed by atoms with E-state index >= 15 is 0 Å². The maximum atomic E-state index is 12.6. The number of ether oxygens (including phenoxy) is 1. The third kappa shape index (κ3) is 6.69. The highest BCUT2D eigenvalue weighted by Crippen LogP contribution is 2.19. The molecule has 3 N–H and O–H groups in total. The van der Waals surface area contributed by atoms with Crippen molar-refractivity contribution in [2.24, 2.45) is 0 Å². The van der Waals surface area contributed by atoms with Crippen LogP contribution in [0.4, 0.5) is 5.69 Å². The molecule has 1 aliphatic rings. The van der Waals surface area contributed by atoms with Crippen molar-refractivity contribution in [2.75, 3.05) is 57.8 Å². The molecule has 9 heteroatoms. The lowest BCUT2D eigenvalue weighted by atomic mass is 10.3. The SMILES string of the molecule is CCN(CC)S(=O)(=O)c1cccc(NC(=S)NCCC[NH+]2CCOCC2)c1. The number of hydrogen-bond acceptors (Lipinski definition) is 4. The minimum Gasteiger partial charge on any atom is -0.370 e. The summed E-state index contributed by atoms with van der Waals surface area (Å²) in [4.78, 5) is 1.84. The summed E-state index contributed by atoms with van der Waals surface area (Å²) < 4.78 is 32.1. The van der Waals surface area contributed by atoms with Gasteiger partial charge in [-0.05, 0) is 30.4 Å². The summed E-state index contributed by atoms with van der Waals surface area (Å²) >= 11 is 5.33. The van der Waals surface area contributed by atoms with Crippen molar-refractivity contribution in [3.8, 4) is 0 Å². The monoisotopic (exact) mass is 415 g/mol. The molecule has 0 amide bonds. The molecule has 1 heterocycles. The molecule has 152 valence electrons. The van der Waals surface area contributed by atoms with Gasteiger partial charge in [-0.25, -0.2) is 8.42 Å². The second kappa shape index (κ2) is 10.9. The van der Waals surface area contributed by atoms with Gasteiger partial charge < -0.3 is 20.3 Å². The molecular formula is C18H31N4O3S2+. The number of rotatable bonds is 9. The van der Waals surface area contributed by atoms with Gasteiger partial charge in [0.05, 0.1) is 24.7 Å². The molecule has 27 heavy (non-hydrogen) atoms. The maximum absolute atomic E-state index is 12.6. The zero-order valence-corrected chi connectivity index (χ0v) is 17.8. The van der Waals surface area contributed by atoms with Crippen molar-refractivity contribution in [3.05, 3.63) is 24.3 Å². The lowest BCUT2D eigenvalue weighted by Gasteiger charge is -2.23. The van der Waals surface area contributed by atoms with Crippen LogP contribution in [0.5, 0.6) is 0 Å². The third-order valence-corrected chi connectivity index (χ3v) is 6.92. The van der Waals surface area contributed by atoms with Crippen molar-refractivity contribution in [1.29, 1.82) is 0 Å². The Labute approximate surface area is 168 Å². The van der Waals surface area contributed by atoms with Crippen LogP contribution in [-0.2, 0) is 14.8 Å². The first kappa shape index (κ1) is 22.0. The van der Waals surface area contributed by atoms with E-state index < -0.39 is 10.0 Å². The number of benzene rings is 1. The Morgan fingerprint density at radius 1 is 1.26 bits per heavy atom. The molecule has 1 saturated heterocycles. The summed E-state index contributed by atoms with van der Waals surface area (Å²) in [7, 11) is -3.48. The van der Waals surface area contributed by atoms with Crippen LogP contribution in [0.2, 0.25) is 0 Å². The fourth-order valence-electron chi connectivity index (χ4n) is 3.07. The maximum Gasteiger partial charge on any atom is 0.243 e. The number of nitrogens with one attached hydrogen (secondary N) is 3. The van der Waals surface area contributed by atoms with Gasteiger partial charge in [-0.15, -0.1) is 0 Å². The van der Waals surface area contributed by atoms with Crippen LogP contribution in [0.3, 0.4) is 0 Å². The Bertz CT molecular complexity index is 702. The molecule has 0 bridgehead atoms. The number of thiocarbonyl (C=S) groups is 1. The van der Waals surface area contributed by atoms with Crippen molar-refractivity contribution in [3.63, 3.8) is 0 Å². The Morgan fingerprint density at radius 3 is 2.63 bits per heavy atom. The second-order valence-corrected chi connectivity index (χ2v) is 8.81. The number of nitrogens with zero attached hydrogens (tertiary/aromatic N) is 1. The van der Waals surface area contributed by atoms with Crippen LogP contribution in [0.25, 0.3) is 0 Å². The highest BCUT2D eigenvalue weighted by Gasteiger charge is 2.21. The van der Waals surface area contributed by atoms with Crippen LogP contribution in [0, 0.1) is 0 Å². The summed E-state index contributed by atoms with van der Waals surface area (Å²) in [6.45, 7) is 10.3. The van der Waals surface area contributed by atoms with E-state index in [1.54, 1.807) is 23.1 Å². The number of sulfonamides is 1. The first-order chi connectivity index (χ1) is 13.0. The van der Waals surface area contributed by atoms with Gasteiger partial charge in [0.2, 0.25) is 10.0 Å². The molecule has 0 atom stereocenters. The molecule has 0 radical (unpaired) electrons. The topological polar surface area (TPSA) is 75.1 Å². The van der Waals surface area contributed by atoms with E-state index in [1.807, 2.05) is 19.9 Å². The van der Waals surface area contributed by atoms with Crippen LogP contribution < -0.4 is 15.5 Å². The van der Waals surface area contributed by atoms with E-state index in [0.717, 1.165) is 45.8 Å². The molecule has 2 rings (SSSR count). The van der Waals surface area contributed by atoms with Crippen LogP contribution in [-0.4, -0.2) is 70.3 Å². The number of hydrogen-bond donors (Lipinski definition) is 3. The van der Waals surface area contributed by atoms with Gasteiger partial charge in [-0.3, -0.25) is 0 Å². The quantitative estimate of drug-likeness (QED) is 0.398. The molecule has 0 aliphatic carbocycles. The predicted octanol–water partition coefficient (Wildman–Crippen LogP) is 0.309. The van der Waals surface area contributed by atoms with Gasteiger partial charge >= 0.3 is 0 Å². The molecule has 0 saturated carbocycles. The summed E-state index contributed by atoms with van der Waals surface area (Å²) in [5.74, 6) is 0. The lowest BCUT2D eigenvalue weighted by Crippen LogP contribution is -3.14. The molecule has 0 spiro atoms. The van der Waals surface area contributed by atoms with Gasteiger partial charge in [0.15, 0.2) is 5.11 Å². The van der Waals surface area contributed by atoms with Crippen molar-refractivity contribution < 1.29 is 18.1 Å². The van der Waals surface area contributed by atoms with Crippen LogP contribution >= 0.6 is 12.2 Å². The Balaban J connectivity index is 1.83. The standard InChI is InChI=1S/C18H30N4O3S2/c1-3-22(4-2)27(23,24)17-8-5-7-16(15-17)20-18(26)19-9-6-10-21-11-13-25-14-12-21/h5,7-8,15H,3-4,6,9-14H2,1-2H3,(H2,19,20,26)/p+1. The highest BCUT2D eigenvalue weighted by atomic mass is 32.2. The molecule has 1 aliphatic heterocycles. The Kier molecular flexibility index (Phi) is 8.91. The fourth-order valence-corrected chi connectivity index (χ4v) is 4.80. The molecule has 0 unspecified atom stereocenters. The smallest absolute Gasteiger partial charge is 0.243 e. The van der Waals surface area contributed by atoms with Gasteiger partial charge in [0.1, 0.15) is 13.1 Å². The summed E-state index contributed by atoms with van der Waals surface area (Å²) in [6.07, 6.45) is 1.02. The molecular weight excluding hydrogens is 384 g/mol. The second-order valence-electron chi connectivity index (χ2n) is 6.46. The van der Waals surface area contributed by atoms with Crippen LogP contribution in [0.1, 0.15) is 20.3 Å². The van der Waals surface area contributed by atoms with Crippen molar-refractivity contribution in [2.45, 2.75) is 25.2 Å². The lowest BCUT2D eigenvalue weighted by molar-refractivity contribution is -0.908. The Morgan fingerprint density at radius 2 is 1.96 bits per heavy atom. The number of morpholine rings is 1. The average Bonchev–Trinajstić information content (AvgIpc) is 2.67. The molecule has 1 aromatic rings.